The number of nitrogens with one attached hydrogen (secondary N) is 2. The number of H-pyrrole nitrogens is 1. The van der Waals surface area contributed by atoms with E-state index in [9.17, 15) is 4.79 Å². The van der Waals surface area contributed by atoms with Crippen LogP contribution in [0.15, 0.2) is 22.3 Å². The lowest BCUT2D eigenvalue weighted by Crippen LogP contribution is -2.12. The summed E-state index contributed by atoms with van der Waals surface area (Å²) in [5, 5.41) is 6.01. The van der Waals surface area contributed by atoms with Crippen molar-refractivity contribution >= 4 is 16.5 Å². The summed E-state index contributed by atoms with van der Waals surface area (Å²) in [4.78, 5) is 19.4. The van der Waals surface area contributed by atoms with Gasteiger partial charge in [-0.2, -0.15) is 0 Å². The van der Waals surface area contributed by atoms with Gasteiger partial charge < -0.3 is 10.3 Å². The molecular formula is C14H19N3OS. The highest BCUT2D eigenvalue weighted by atomic mass is 32.1. The van der Waals surface area contributed by atoms with E-state index in [0.29, 0.717) is 11.5 Å². The minimum absolute atomic E-state index is 0.0708. The lowest BCUT2D eigenvalue weighted by atomic mass is 10.1. The van der Waals surface area contributed by atoms with Crippen molar-refractivity contribution in [3.63, 3.8) is 0 Å². The number of hydrogen-bond donors (Lipinski definition) is 2. The van der Waals surface area contributed by atoms with E-state index in [1.54, 1.807) is 0 Å². The van der Waals surface area contributed by atoms with Gasteiger partial charge in [0, 0.05) is 17.6 Å². The highest BCUT2D eigenvalue weighted by molar-refractivity contribution is 7.14. The van der Waals surface area contributed by atoms with E-state index in [4.69, 9.17) is 0 Å². The Morgan fingerprint density at radius 3 is 2.84 bits per heavy atom. The molecule has 0 bridgehead atoms. The smallest absolute Gasteiger partial charge is 0.257 e. The second kappa shape index (κ2) is 6.02. The van der Waals surface area contributed by atoms with Gasteiger partial charge in [-0.25, -0.2) is 4.98 Å². The third-order valence-corrected chi connectivity index (χ3v) is 3.66. The molecule has 0 fully saturated rings. The standard InChI is InChI=1S/C14H19N3OS/c1-4-7-15-14-17-12(8-19-14)10-5-6-11(9(2)3)16-13(10)18/h5-6,8-9H,4,7H2,1-3H3,(H,15,17)(H,16,18). The van der Waals surface area contributed by atoms with Gasteiger partial charge in [-0.3, -0.25) is 4.79 Å². The molecule has 0 aromatic carbocycles. The van der Waals surface area contributed by atoms with Gasteiger partial charge in [-0.15, -0.1) is 11.3 Å². The summed E-state index contributed by atoms with van der Waals surface area (Å²) < 4.78 is 0. The van der Waals surface area contributed by atoms with Crippen LogP contribution in [0.5, 0.6) is 0 Å². The van der Waals surface area contributed by atoms with E-state index in [0.717, 1.165) is 29.5 Å². The Hall–Kier alpha value is -1.62. The molecule has 0 saturated carbocycles. The number of nitrogens with zero attached hydrogens (tertiary/aromatic N) is 1. The van der Waals surface area contributed by atoms with E-state index in [2.05, 4.69) is 36.1 Å². The third kappa shape index (κ3) is 3.23. The van der Waals surface area contributed by atoms with Crippen LogP contribution in [-0.4, -0.2) is 16.5 Å². The van der Waals surface area contributed by atoms with Crippen LogP contribution in [0.4, 0.5) is 5.13 Å². The number of thiazole rings is 1. The molecule has 2 aromatic heterocycles. The van der Waals surface area contributed by atoms with Crippen LogP contribution in [0.2, 0.25) is 0 Å². The molecule has 5 heteroatoms. The van der Waals surface area contributed by atoms with Gasteiger partial charge in [-0.05, 0) is 24.5 Å². The summed E-state index contributed by atoms with van der Waals surface area (Å²) in [7, 11) is 0. The minimum Gasteiger partial charge on any atom is -0.362 e. The molecule has 0 aliphatic rings. The van der Waals surface area contributed by atoms with Crippen LogP contribution in [0.25, 0.3) is 11.3 Å². The second-order valence-corrected chi connectivity index (χ2v) is 5.63. The first-order valence-electron chi connectivity index (χ1n) is 6.54. The SMILES string of the molecule is CCCNc1nc(-c2ccc(C(C)C)[nH]c2=O)cs1. The van der Waals surface area contributed by atoms with Crippen LogP contribution in [0.3, 0.4) is 0 Å². The van der Waals surface area contributed by atoms with Gasteiger partial charge >= 0.3 is 0 Å². The molecular weight excluding hydrogens is 258 g/mol. The minimum atomic E-state index is -0.0708. The van der Waals surface area contributed by atoms with Gasteiger partial charge in [0.15, 0.2) is 5.13 Å². The molecule has 2 rings (SSSR count). The first-order chi connectivity index (χ1) is 9.11. The number of aromatic amines is 1. The maximum Gasteiger partial charge on any atom is 0.257 e. The summed E-state index contributed by atoms with van der Waals surface area (Å²) >= 11 is 1.53. The van der Waals surface area contributed by atoms with Crippen molar-refractivity contribution in [2.75, 3.05) is 11.9 Å². The molecule has 0 aliphatic heterocycles. The fourth-order valence-corrected chi connectivity index (χ4v) is 2.48. The molecule has 0 atom stereocenters. The van der Waals surface area contributed by atoms with Gasteiger partial charge in [0.25, 0.3) is 5.56 Å². The maximum atomic E-state index is 12.1. The molecule has 0 spiro atoms. The molecule has 2 heterocycles. The Morgan fingerprint density at radius 1 is 1.42 bits per heavy atom. The predicted octanol–water partition coefficient (Wildman–Crippen LogP) is 3.44. The highest BCUT2D eigenvalue weighted by Gasteiger charge is 2.09. The van der Waals surface area contributed by atoms with Crippen molar-refractivity contribution in [1.29, 1.82) is 0 Å². The molecule has 0 amide bonds. The number of pyridine rings is 1. The molecule has 2 N–H and O–H groups in total. The predicted molar refractivity (Wildman–Crippen MR) is 81.0 cm³/mol. The van der Waals surface area contributed by atoms with Crippen molar-refractivity contribution < 1.29 is 0 Å². The van der Waals surface area contributed by atoms with Crippen molar-refractivity contribution in [3.05, 3.63) is 33.6 Å². The Balaban J connectivity index is 2.27. The largest absolute Gasteiger partial charge is 0.362 e. The van der Waals surface area contributed by atoms with Crippen molar-refractivity contribution in [3.8, 4) is 11.3 Å². The Morgan fingerprint density at radius 2 is 2.21 bits per heavy atom. The zero-order chi connectivity index (χ0) is 13.8. The van der Waals surface area contributed by atoms with Crippen LogP contribution < -0.4 is 10.9 Å². The Labute approximate surface area is 116 Å². The number of rotatable bonds is 5. The van der Waals surface area contributed by atoms with Gasteiger partial charge in [0.05, 0.1) is 11.3 Å². The molecule has 0 radical (unpaired) electrons. The average molecular weight is 277 g/mol. The van der Waals surface area contributed by atoms with Gasteiger partial charge in [0.1, 0.15) is 0 Å². The molecule has 102 valence electrons. The van der Waals surface area contributed by atoms with Crippen molar-refractivity contribution in [1.82, 2.24) is 9.97 Å². The number of hydrogen-bond acceptors (Lipinski definition) is 4. The summed E-state index contributed by atoms with van der Waals surface area (Å²) in [6, 6.07) is 3.81. The Bertz CT molecular complexity index is 601. The Kier molecular flexibility index (Phi) is 4.37. The normalized spacial score (nSPS) is 10.9. The zero-order valence-corrected chi connectivity index (χ0v) is 12.3. The van der Waals surface area contributed by atoms with E-state index >= 15 is 0 Å². The second-order valence-electron chi connectivity index (χ2n) is 4.78. The van der Waals surface area contributed by atoms with Crippen LogP contribution in [0, 0.1) is 0 Å². The summed E-state index contributed by atoms with van der Waals surface area (Å²) in [5.41, 5.74) is 2.25. The first kappa shape index (κ1) is 13.8. The van der Waals surface area contributed by atoms with Crippen LogP contribution in [-0.2, 0) is 0 Å². The monoisotopic (exact) mass is 277 g/mol. The van der Waals surface area contributed by atoms with Crippen molar-refractivity contribution in [2.45, 2.75) is 33.1 Å². The highest BCUT2D eigenvalue weighted by Crippen LogP contribution is 2.23. The quantitative estimate of drug-likeness (QED) is 0.880. The maximum absolute atomic E-state index is 12.1. The molecule has 0 aliphatic carbocycles. The van der Waals surface area contributed by atoms with Gasteiger partial charge in [-0.1, -0.05) is 20.8 Å². The molecule has 4 nitrogen and oxygen atoms in total. The number of aromatic nitrogens is 2. The molecule has 19 heavy (non-hydrogen) atoms. The molecule has 2 aromatic rings. The summed E-state index contributed by atoms with van der Waals surface area (Å²) in [6.07, 6.45) is 1.05. The van der Waals surface area contributed by atoms with E-state index in [-0.39, 0.29) is 5.56 Å². The molecule has 0 unspecified atom stereocenters. The lowest BCUT2D eigenvalue weighted by molar-refractivity contribution is 0.816. The summed E-state index contributed by atoms with van der Waals surface area (Å²) in [5.74, 6) is 0.318. The van der Waals surface area contributed by atoms with E-state index < -0.39 is 0 Å². The van der Waals surface area contributed by atoms with Crippen molar-refractivity contribution in [2.24, 2.45) is 0 Å². The first-order valence-corrected chi connectivity index (χ1v) is 7.42. The zero-order valence-electron chi connectivity index (χ0n) is 11.5. The lowest BCUT2D eigenvalue weighted by Gasteiger charge is -2.05. The van der Waals surface area contributed by atoms with Crippen LogP contribution in [0.1, 0.15) is 38.8 Å². The van der Waals surface area contributed by atoms with Gasteiger partial charge in [0.2, 0.25) is 0 Å². The third-order valence-electron chi connectivity index (χ3n) is 2.86. The van der Waals surface area contributed by atoms with Crippen LogP contribution >= 0.6 is 11.3 Å². The number of anilines is 1. The van der Waals surface area contributed by atoms with E-state index in [1.165, 1.54) is 11.3 Å². The fourth-order valence-electron chi connectivity index (χ4n) is 1.74. The fraction of sp³-hybridized carbons (Fsp3) is 0.429. The van der Waals surface area contributed by atoms with E-state index in [1.807, 2.05) is 17.5 Å². The summed E-state index contributed by atoms with van der Waals surface area (Å²) in [6.45, 7) is 7.12. The topological polar surface area (TPSA) is 57.8 Å². The average Bonchev–Trinajstić information content (AvgIpc) is 2.84. The molecule has 0 saturated heterocycles.